The molecule has 0 atom stereocenters. The third kappa shape index (κ3) is 2.92. The van der Waals surface area contributed by atoms with Gasteiger partial charge in [-0.25, -0.2) is 0 Å². The summed E-state index contributed by atoms with van der Waals surface area (Å²) >= 11 is 3.12. The predicted molar refractivity (Wildman–Crippen MR) is 68.5 cm³/mol. The first-order chi connectivity index (χ1) is 8.78. The van der Waals surface area contributed by atoms with Crippen LogP contribution in [0.5, 0.6) is 0 Å². The van der Waals surface area contributed by atoms with Crippen LogP contribution in [-0.4, -0.2) is 12.5 Å². The van der Waals surface area contributed by atoms with Crippen molar-refractivity contribution in [3.05, 3.63) is 28.2 Å². The fourth-order valence-electron chi connectivity index (χ4n) is 1.73. The Labute approximate surface area is 116 Å². The molecule has 7 heteroatoms. The maximum absolute atomic E-state index is 12.6. The highest BCUT2D eigenvalue weighted by atomic mass is 79.9. The van der Waals surface area contributed by atoms with Crippen LogP contribution >= 0.6 is 15.9 Å². The van der Waals surface area contributed by atoms with Crippen molar-refractivity contribution in [2.75, 3.05) is 11.9 Å². The lowest BCUT2D eigenvalue weighted by molar-refractivity contribution is -0.137. The number of hydrogen-bond acceptors (Lipinski definition) is 2. The van der Waals surface area contributed by atoms with Gasteiger partial charge in [0, 0.05) is 11.0 Å². The number of alkyl halides is 3. The number of hydrogen-bond donors (Lipinski definition) is 2. The van der Waals surface area contributed by atoms with E-state index in [1.165, 1.54) is 6.07 Å². The number of amides is 1. The van der Waals surface area contributed by atoms with E-state index in [-0.39, 0.29) is 18.1 Å². The smallest absolute Gasteiger partial charge is 0.329 e. The molecule has 3 N–H and O–H groups in total. The van der Waals surface area contributed by atoms with Crippen LogP contribution in [0.3, 0.4) is 0 Å². The Morgan fingerprint density at radius 3 is 2.53 bits per heavy atom. The van der Waals surface area contributed by atoms with E-state index in [4.69, 9.17) is 5.73 Å². The zero-order valence-electron chi connectivity index (χ0n) is 9.85. The molecule has 3 nitrogen and oxygen atoms in total. The van der Waals surface area contributed by atoms with E-state index in [1.807, 2.05) is 0 Å². The molecule has 0 saturated heterocycles. The van der Waals surface area contributed by atoms with Gasteiger partial charge >= 0.3 is 6.18 Å². The van der Waals surface area contributed by atoms with Crippen molar-refractivity contribution in [3.63, 3.8) is 0 Å². The number of anilines is 1. The van der Waals surface area contributed by atoms with Crippen molar-refractivity contribution in [2.45, 2.75) is 19.0 Å². The van der Waals surface area contributed by atoms with Crippen LogP contribution in [0.15, 0.2) is 22.7 Å². The van der Waals surface area contributed by atoms with Gasteiger partial charge in [-0.15, -0.1) is 0 Å². The Balaban J connectivity index is 2.23. The molecule has 1 aliphatic rings. The van der Waals surface area contributed by atoms with E-state index in [1.54, 1.807) is 0 Å². The number of benzene rings is 1. The molecule has 0 bridgehead atoms. The van der Waals surface area contributed by atoms with Gasteiger partial charge in [0.25, 0.3) is 0 Å². The van der Waals surface area contributed by atoms with Gasteiger partial charge in [0.2, 0.25) is 5.91 Å². The fourth-order valence-corrected chi connectivity index (χ4v) is 2.07. The average molecular weight is 337 g/mol. The highest BCUT2D eigenvalue weighted by molar-refractivity contribution is 9.10. The van der Waals surface area contributed by atoms with E-state index in [9.17, 15) is 18.0 Å². The second-order valence-corrected chi connectivity index (χ2v) is 5.49. The molecule has 0 spiro atoms. The molecular weight excluding hydrogens is 325 g/mol. The molecule has 1 aliphatic carbocycles. The molecule has 1 fully saturated rings. The van der Waals surface area contributed by atoms with Crippen LogP contribution < -0.4 is 11.1 Å². The second-order valence-electron chi connectivity index (χ2n) is 4.63. The standard InChI is InChI=1S/C12H12BrF3N2O/c13-8-2-1-7(12(14,15)16)5-9(8)18-10(19)11(6-17)3-4-11/h1-2,5H,3-4,6,17H2,(H,18,19). The summed E-state index contributed by atoms with van der Waals surface area (Å²) in [5.41, 5.74) is 4.21. The largest absolute Gasteiger partial charge is 0.416 e. The van der Waals surface area contributed by atoms with Crippen molar-refractivity contribution in [1.82, 2.24) is 0 Å². The summed E-state index contributed by atoms with van der Waals surface area (Å²) in [5, 5.41) is 2.51. The van der Waals surface area contributed by atoms with E-state index in [2.05, 4.69) is 21.2 Å². The van der Waals surface area contributed by atoms with Crippen LogP contribution in [-0.2, 0) is 11.0 Å². The first-order valence-corrected chi connectivity index (χ1v) is 6.46. The van der Waals surface area contributed by atoms with Gasteiger partial charge in [-0.05, 0) is 47.0 Å². The summed E-state index contributed by atoms with van der Waals surface area (Å²) in [6.07, 6.45) is -3.09. The summed E-state index contributed by atoms with van der Waals surface area (Å²) in [6.45, 7) is 0.204. The quantitative estimate of drug-likeness (QED) is 0.890. The Morgan fingerprint density at radius 2 is 2.05 bits per heavy atom. The number of halogens is 4. The predicted octanol–water partition coefficient (Wildman–Crippen LogP) is 3.15. The highest BCUT2D eigenvalue weighted by Gasteiger charge is 2.48. The molecule has 0 aliphatic heterocycles. The maximum Gasteiger partial charge on any atom is 0.416 e. The zero-order chi connectivity index (χ0) is 14.3. The number of carbonyl (C=O) groups is 1. The summed E-state index contributed by atoms with van der Waals surface area (Å²) in [4.78, 5) is 11.9. The van der Waals surface area contributed by atoms with E-state index >= 15 is 0 Å². The minimum atomic E-state index is -4.44. The zero-order valence-corrected chi connectivity index (χ0v) is 11.4. The van der Waals surface area contributed by atoms with Crippen molar-refractivity contribution in [3.8, 4) is 0 Å². The summed E-state index contributed by atoms with van der Waals surface area (Å²) < 4.78 is 38.2. The molecule has 1 aromatic carbocycles. The van der Waals surface area contributed by atoms with Crippen molar-refractivity contribution >= 4 is 27.5 Å². The molecule has 104 valence electrons. The normalized spacial score (nSPS) is 17.1. The van der Waals surface area contributed by atoms with Gasteiger partial charge in [0.05, 0.1) is 16.7 Å². The SMILES string of the molecule is NCC1(C(=O)Nc2cc(C(F)(F)F)ccc2Br)CC1. The van der Waals surface area contributed by atoms with E-state index in [0.29, 0.717) is 17.3 Å². The molecule has 2 rings (SSSR count). The van der Waals surface area contributed by atoms with Gasteiger partial charge in [-0.1, -0.05) is 0 Å². The summed E-state index contributed by atoms with van der Waals surface area (Å²) in [6, 6.07) is 3.13. The maximum atomic E-state index is 12.6. The Hall–Kier alpha value is -1.08. The molecule has 0 heterocycles. The number of carbonyl (C=O) groups excluding carboxylic acids is 1. The van der Waals surface area contributed by atoms with Gasteiger partial charge in [0.1, 0.15) is 0 Å². The van der Waals surface area contributed by atoms with E-state index in [0.717, 1.165) is 12.1 Å². The number of rotatable bonds is 3. The van der Waals surface area contributed by atoms with Crippen LogP contribution in [0.2, 0.25) is 0 Å². The number of nitrogens with one attached hydrogen (secondary N) is 1. The Morgan fingerprint density at radius 1 is 1.42 bits per heavy atom. The fraction of sp³-hybridized carbons (Fsp3) is 0.417. The molecule has 1 saturated carbocycles. The van der Waals surface area contributed by atoms with Crippen molar-refractivity contribution in [2.24, 2.45) is 11.1 Å². The molecule has 1 amide bonds. The molecule has 0 unspecified atom stereocenters. The molecule has 0 aromatic heterocycles. The topological polar surface area (TPSA) is 55.1 Å². The lowest BCUT2D eigenvalue weighted by atomic mass is 10.1. The minimum Gasteiger partial charge on any atom is -0.329 e. The summed E-state index contributed by atoms with van der Waals surface area (Å²) in [7, 11) is 0. The Kier molecular flexibility index (Phi) is 3.61. The monoisotopic (exact) mass is 336 g/mol. The lowest BCUT2D eigenvalue weighted by Crippen LogP contribution is -2.31. The van der Waals surface area contributed by atoms with Crippen LogP contribution in [0.1, 0.15) is 18.4 Å². The molecule has 1 aromatic rings. The average Bonchev–Trinajstić information content (AvgIpc) is 3.11. The van der Waals surface area contributed by atoms with Crippen LogP contribution in [0.25, 0.3) is 0 Å². The van der Waals surface area contributed by atoms with Crippen molar-refractivity contribution in [1.29, 1.82) is 0 Å². The van der Waals surface area contributed by atoms with Crippen molar-refractivity contribution < 1.29 is 18.0 Å². The molecular formula is C12H12BrF3N2O. The number of nitrogens with two attached hydrogens (primary N) is 1. The van der Waals surface area contributed by atoms with Gasteiger partial charge in [-0.3, -0.25) is 4.79 Å². The highest BCUT2D eigenvalue weighted by Crippen LogP contribution is 2.46. The van der Waals surface area contributed by atoms with Gasteiger partial charge < -0.3 is 11.1 Å². The molecule has 0 radical (unpaired) electrons. The van der Waals surface area contributed by atoms with E-state index < -0.39 is 17.2 Å². The van der Waals surface area contributed by atoms with Gasteiger partial charge in [-0.2, -0.15) is 13.2 Å². The lowest BCUT2D eigenvalue weighted by Gasteiger charge is -2.15. The molecule has 19 heavy (non-hydrogen) atoms. The third-order valence-electron chi connectivity index (χ3n) is 3.27. The van der Waals surface area contributed by atoms with Crippen LogP contribution in [0.4, 0.5) is 18.9 Å². The Bertz CT molecular complexity index is 512. The summed E-state index contributed by atoms with van der Waals surface area (Å²) in [5.74, 6) is -0.324. The minimum absolute atomic E-state index is 0.111. The van der Waals surface area contributed by atoms with Gasteiger partial charge in [0.15, 0.2) is 0 Å². The third-order valence-corrected chi connectivity index (χ3v) is 3.96. The first-order valence-electron chi connectivity index (χ1n) is 5.67. The first kappa shape index (κ1) is 14.3. The second kappa shape index (κ2) is 4.79. The van der Waals surface area contributed by atoms with Crippen LogP contribution in [0, 0.1) is 5.41 Å².